The van der Waals surface area contributed by atoms with Gasteiger partial charge < -0.3 is 10.4 Å². The Bertz CT molecular complexity index is 605. The third kappa shape index (κ3) is 11.5. The summed E-state index contributed by atoms with van der Waals surface area (Å²) < 4.78 is 0. The van der Waals surface area contributed by atoms with E-state index in [-0.39, 0.29) is 17.0 Å². The predicted molar refractivity (Wildman–Crippen MR) is 117 cm³/mol. The summed E-state index contributed by atoms with van der Waals surface area (Å²) in [4.78, 5) is 22.1. The number of benzene rings is 1. The summed E-state index contributed by atoms with van der Waals surface area (Å²) in [6.45, 7) is 2.80. The Kier molecular flexibility index (Phi) is 13.6. The zero-order chi connectivity index (χ0) is 21.3. The molecule has 0 unspecified atom stereocenters. The zero-order valence-corrected chi connectivity index (χ0v) is 18.0. The van der Waals surface area contributed by atoms with Crippen molar-refractivity contribution in [1.29, 1.82) is 0 Å². The van der Waals surface area contributed by atoms with Gasteiger partial charge in [0.15, 0.2) is 0 Å². The van der Waals surface area contributed by atoms with Crippen LogP contribution in [0.4, 0.5) is 5.69 Å². The molecule has 1 rings (SSSR count). The Morgan fingerprint density at radius 2 is 1.38 bits per heavy atom. The summed E-state index contributed by atoms with van der Waals surface area (Å²) in [5.41, 5.74) is -0.160. The van der Waals surface area contributed by atoms with Gasteiger partial charge in [-0.2, -0.15) is 0 Å². The van der Waals surface area contributed by atoms with Crippen LogP contribution in [0.1, 0.15) is 107 Å². The second-order valence-electron chi connectivity index (χ2n) is 7.81. The van der Waals surface area contributed by atoms with Crippen LogP contribution in [0.2, 0.25) is 0 Å². The molecule has 0 aliphatic rings. The molecule has 0 aliphatic carbocycles. The van der Waals surface area contributed by atoms with E-state index >= 15 is 0 Å². The van der Waals surface area contributed by atoms with E-state index in [1.54, 1.807) is 0 Å². The average molecular weight is 407 g/mol. The number of aromatic hydroxyl groups is 1. The molecule has 0 atom stereocenters. The van der Waals surface area contributed by atoms with Crippen molar-refractivity contribution in [3.63, 3.8) is 0 Å². The molecule has 0 saturated carbocycles. The molecule has 6 heteroatoms. The molecule has 0 spiro atoms. The van der Waals surface area contributed by atoms with E-state index in [4.69, 9.17) is 0 Å². The van der Waals surface area contributed by atoms with Crippen LogP contribution in [-0.4, -0.2) is 22.5 Å². The van der Waals surface area contributed by atoms with E-state index in [9.17, 15) is 20.0 Å². The van der Waals surface area contributed by atoms with Crippen LogP contribution >= 0.6 is 0 Å². The predicted octanol–water partition coefficient (Wildman–Crippen LogP) is 6.51. The van der Waals surface area contributed by atoms with E-state index in [2.05, 4.69) is 12.2 Å². The normalized spacial score (nSPS) is 10.8. The lowest BCUT2D eigenvalue weighted by Gasteiger charge is -2.07. The van der Waals surface area contributed by atoms with Crippen molar-refractivity contribution in [1.82, 2.24) is 5.32 Å². The lowest BCUT2D eigenvalue weighted by atomic mass is 10.0. The van der Waals surface area contributed by atoms with Crippen LogP contribution in [0.15, 0.2) is 18.2 Å². The summed E-state index contributed by atoms with van der Waals surface area (Å²) in [6, 6.07) is 3.51. The van der Waals surface area contributed by atoms with Crippen molar-refractivity contribution in [2.45, 2.75) is 96.8 Å². The van der Waals surface area contributed by atoms with Crippen molar-refractivity contribution in [3.8, 4) is 5.75 Å². The van der Waals surface area contributed by atoms with Crippen LogP contribution in [0.25, 0.3) is 0 Å². The van der Waals surface area contributed by atoms with Gasteiger partial charge in [0.1, 0.15) is 5.75 Å². The molecule has 29 heavy (non-hydrogen) atoms. The third-order valence-corrected chi connectivity index (χ3v) is 5.25. The first-order chi connectivity index (χ1) is 14.1. The maximum Gasteiger partial charge on any atom is 0.273 e. The van der Waals surface area contributed by atoms with Gasteiger partial charge in [0.05, 0.1) is 16.6 Å². The van der Waals surface area contributed by atoms with Crippen molar-refractivity contribution < 1.29 is 14.8 Å². The molecule has 0 aliphatic heterocycles. The molecular weight excluding hydrogens is 368 g/mol. The van der Waals surface area contributed by atoms with Crippen LogP contribution < -0.4 is 5.32 Å². The molecule has 0 fully saturated rings. The highest BCUT2D eigenvalue weighted by Crippen LogP contribution is 2.23. The number of phenols is 1. The van der Waals surface area contributed by atoms with Crippen molar-refractivity contribution >= 4 is 11.6 Å². The van der Waals surface area contributed by atoms with E-state index in [1.165, 1.54) is 89.2 Å². The third-order valence-electron chi connectivity index (χ3n) is 5.25. The number of phenolic OH excluding ortho intramolecular Hbond substituents is 1. The molecule has 1 aromatic rings. The van der Waals surface area contributed by atoms with E-state index in [0.717, 1.165) is 18.9 Å². The summed E-state index contributed by atoms with van der Waals surface area (Å²) in [5, 5.41) is 23.2. The molecule has 1 amide bonds. The minimum atomic E-state index is -0.601. The molecule has 0 heterocycles. The number of non-ortho nitro benzene ring substituents is 1. The number of unbranched alkanes of at least 4 members (excludes halogenated alkanes) is 13. The minimum absolute atomic E-state index is 0.0703. The Morgan fingerprint density at radius 3 is 1.83 bits per heavy atom. The standard InChI is InChI=1S/C23H38N2O4/c1-2-3-4-5-6-7-8-9-10-11-12-13-14-15-18-24-23(27)21-17-16-20(25(28)29)19-22(21)26/h16-17,19,26H,2-15,18H2,1H3,(H,24,27). The maximum atomic E-state index is 12.0. The van der Waals surface area contributed by atoms with E-state index in [0.29, 0.717) is 6.54 Å². The largest absolute Gasteiger partial charge is 0.507 e. The number of amides is 1. The number of nitrogens with one attached hydrogen (secondary N) is 1. The fraction of sp³-hybridized carbons (Fsp3) is 0.696. The molecule has 164 valence electrons. The van der Waals surface area contributed by atoms with Gasteiger partial charge in [-0.15, -0.1) is 0 Å². The number of carbonyl (C=O) groups excluding carboxylic acids is 1. The first-order valence-corrected chi connectivity index (χ1v) is 11.3. The van der Waals surface area contributed by atoms with Crippen molar-refractivity contribution in [2.75, 3.05) is 6.54 Å². The quantitative estimate of drug-likeness (QED) is 0.175. The van der Waals surface area contributed by atoms with E-state index in [1.807, 2.05) is 0 Å². The number of carbonyl (C=O) groups is 1. The molecule has 0 saturated heterocycles. The van der Waals surface area contributed by atoms with Crippen LogP contribution in [0.3, 0.4) is 0 Å². The molecule has 2 N–H and O–H groups in total. The highest BCUT2D eigenvalue weighted by Gasteiger charge is 2.15. The van der Waals surface area contributed by atoms with Gasteiger partial charge >= 0.3 is 0 Å². The summed E-state index contributed by atoms with van der Waals surface area (Å²) in [5.74, 6) is -0.759. The van der Waals surface area contributed by atoms with Crippen LogP contribution in [0, 0.1) is 10.1 Å². The fourth-order valence-electron chi connectivity index (χ4n) is 3.44. The topological polar surface area (TPSA) is 92.5 Å². The number of nitro groups is 1. The zero-order valence-electron chi connectivity index (χ0n) is 18.0. The average Bonchev–Trinajstić information content (AvgIpc) is 2.70. The maximum absolute atomic E-state index is 12.0. The molecule has 1 aromatic carbocycles. The molecular formula is C23H38N2O4. The lowest BCUT2D eigenvalue weighted by Crippen LogP contribution is -2.24. The van der Waals surface area contributed by atoms with Crippen LogP contribution in [0.5, 0.6) is 5.75 Å². The monoisotopic (exact) mass is 406 g/mol. The fourth-order valence-corrected chi connectivity index (χ4v) is 3.44. The summed E-state index contributed by atoms with van der Waals surface area (Å²) in [6.07, 6.45) is 18.0. The van der Waals surface area contributed by atoms with Gasteiger partial charge in [0, 0.05) is 12.6 Å². The van der Waals surface area contributed by atoms with Gasteiger partial charge in [-0.25, -0.2) is 0 Å². The Morgan fingerprint density at radius 1 is 0.897 bits per heavy atom. The Labute approximate surface area is 175 Å². The van der Waals surface area contributed by atoms with Gasteiger partial charge in [0.2, 0.25) is 0 Å². The van der Waals surface area contributed by atoms with Gasteiger partial charge in [-0.05, 0) is 12.5 Å². The van der Waals surface area contributed by atoms with Gasteiger partial charge in [0.25, 0.3) is 11.6 Å². The highest BCUT2D eigenvalue weighted by molar-refractivity contribution is 5.97. The molecule has 6 nitrogen and oxygen atoms in total. The van der Waals surface area contributed by atoms with E-state index < -0.39 is 10.8 Å². The highest BCUT2D eigenvalue weighted by atomic mass is 16.6. The molecule has 0 radical (unpaired) electrons. The lowest BCUT2D eigenvalue weighted by molar-refractivity contribution is -0.384. The number of nitro benzene ring substituents is 1. The van der Waals surface area contributed by atoms with Crippen LogP contribution in [-0.2, 0) is 0 Å². The number of nitrogens with zero attached hydrogens (tertiary/aromatic N) is 1. The summed E-state index contributed by atoms with van der Waals surface area (Å²) >= 11 is 0. The second kappa shape index (κ2) is 15.8. The number of hydrogen-bond donors (Lipinski definition) is 2. The minimum Gasteiger partial charge on any atom is -0.507 e. The first kappa shape index (κ1) is 24.9. The summed E-state index contributed by atoms with van der Waals surface area (Å²) in [7, 11) is 0. The first-order valence-electron chi connectivity index (χ1n) is 11.3. The molecule has 0 bridgehead atoms. The van der Waals surface area contributed by atoms with Crippen molar-refractivity contribution in [2.24, 2.45) is 0 Å². The van der Waals surface area contributed by atoms with Gasteiger partial charge in [-0.1, -0.05) is 90.4 Å². The SMILES string of the molecule is CCCCCCCCCCCCCCCCNC(=O)c1ccc([N+](=O)[O-])cc1O. The number of hydrogen-bond acceptors (Lipinski definition) is 4. The number of rotatable bonds is 17. The second-order valence-corrected chi connectivity index (χ2v) is 7.81. The van der Waals surface area contributed by atoms with Gasteiger partial charge in [-0.3, -0.25) is 14.9 Å². The molecule has 0 aromatic heterocycles. The Hall–Kier alpha value is -2.11. The van der Waals surface area contributed by atoms with Crippen molar-refractivity contribution in [3.05, 3.63) is 33.9 Å². The smallest absolute Gasteiger partial charge is 0.273 e. The Balaban J connectivity index is 1.97.